The lowest BCUT2D eigenvalue weighted by Crippen LogP contribution is -2.12. The van der Waals surface area contributed by atoms with E-state index in [0.717, 1.165) is 11.8 Å². The predicted molar refractivity (Wildman–Crippen MR) is 91.9 cm³/mol. The number of anilines is 1. The Hall–Kier alpha value is -2.95. The number of ether oxygens (including phenoxy) is 1. The first-order chi connectivity index (χ1) is 11.7. The highest BCUT2D eigenvalue weighted by molar-refractivity contribution is 6.09. The third-order valence-electron chi connectivity index (χ3n) is 3.55. The molecule has 0 saturated carbocycles. The van der Waals surface area contributed by atoms with Crippen LogP contribution in [0.2, 0.25) is 0 Å². The number of fused-ring (bicyclic) bond motifs is 1. The van der Waals surface area contributed by atoms with Crippen molar-refractivity contribution in [2.24, 2.45) is 0 Å². The first-order valence-electron chi connectivity index (χ1n) is 7.76. The van der Waals surface area contributed by atoms with E-state index in [1.807, 2.05) is 13.0 Å². The molecule has 1 aromatic heterocycles. The highest BCUT2D eigenvalue weighted by Crippen LogP contribution is 2.30. The van der Waals surface area contributed by atoms with Gasteiger partial charge in [-0.25, -0.2) is 4.39 Å². The van der Waals surface area contributed by atoms with Crippen molar-refractivity contribution in [2.75, 3.05) is 11.9 Å². The average molecular weight is 324 g/mol. The Morgan fingerprint density at radius 1 is 1.17 bits per heavy atom. The van der Waals surface area contributed by atoms with Gasteiger partial charge in [0.1, 0.15) is 17.1 Å². The molecule has 1 heterocycles. The van der Waals surface area contributed by atoms with Gasteiger partial charge in [0.15, 0.2) is 0 Å². The predicted octanol–water partition coefficient (Wildman–Crippen LogP) is 4.42. The topological polar surface area (TPSA) is 51.2 Å². The summed E-state index contributed by atoms with van der Waals surface area (Å²) in [5.74, 6) is 0.00763. The standard InChI is InChI=1S/C19H17FN2O2/c1-2-12-24-17-10-9-16(15-4-3-11-21-18(15)17)22-19(23)13-5-7-14(20)8-6-13/h3-11H,2,12H2,1H3,(H,22,23). The number of pyridine rings is 1. The number of aromatic nitrogens is 1. The molecular formula is C19H17FN2O2. The Morgan fingerprint density at radius 3 is 2.71 bits per heavy atom. The molecule has 24 heavy (non-hydrogen) atoms. The zero-order valence-corrected chi connectivity index (χ0v) is 13.3. The molecule has 0 unspecified atom stereocenters. The van der Waals surface area contributed by atoms with Crippen LogP contribution in [0, 0.1) is 5.82 Å². The van der Waals surface area contributed by atoms with E-state index in [-0.39, 0.29) is 11.7 Å². The molecule has 3 rings (SSSR count). The van der Waals surface area contributed by atoms with Gasteiger partial charge in [0, 0.05) is 17.1 Å². The Labute approximate surface area is 139 Å². The lowest BCUT2D eigenvalue weighted by Gasteiger charge is -2.12. The maximum absolute atomic E-state index is 13.0. The molecule has 0 fully saturated rings. The molecule has 0 aliphatic carbocycles. The van der Waals surface area contributed by atoms with Crippen LogP contribution in [0.5, 0.6) is 5.75 Å². The second-order valence-electron chi connectivity index (χ2n) is 5.32. The third kappa shape index (κ3) is 3.35. The van der Waals surface area contributed by atoms with Crippen molar-refractivity contribution in [3.05, 3.63) is 66.1 Å². The molecule has 122 valence electrons. The summed E-state index contributed by atoms with van der Waals surface area (Å²) >= 11 is 0. The smallest absolute Gasteiger partial charge is 0.255 e. The number of carbonyl (C=O) groups is 1. The van der Waals surface area contributed by atoms with Crippen LogP contribution in [0.15, 0.2) is 54.7 Å². The van der Waals surface area contributed by atoms with Crippen molar-refractivity contribution in [3.63, 3.8) is 0 Å². The maximum atomic E-state index is 13.0. The molecule has 0 radical (unpaired) electrons. The molecule has 0 saturated heterocycles. The highest BCUT2D eigenvalue weighted by atomic mass is 19.1. The molecule has 1 amide bonds. The van der Waals surface area contributed by atoms with Gasteiger partial charge in [-0.1, -0.05) is 6.92 Å². The van der Waals surface area contributed by atoms with Crippen LogP contribution in [-0.2, 0) is 0 Å². The quantitative estimate of drug-likeness (QED) is 0.756. The number of hydrogen-bond acceptors (Lipinski definition) is 3. The summed E-state index contributed by atoms with van der Waals surface area (Å²) in [5.41, 5.74) is 1.72. The van der Waals surface area contributed by atoms with E-state index in [4.69, 9.17) is 4.74 Å². The number of hydrogen-bond donors (Lipinski definition) is 1. The number of benzene rings is 2. The van der Waals surface area contributed by atoms with Crippen LogP contribution >= 0.6 is 0 Å². The van der Waals surface area contributed by atoms with Crippen molar-refractivity contribution in [3.8, 4) is 5.75 Å². The molecule has 0 atom stereocenters. The van der Waals surface area contributed by atoms with Gasteiger partial charge in [0.25, 0.3) is 5.91 Å². The van der Waals surface area contributed by atoms with Crippen molar-refractivity contribution in [1.29, 1.82) is 0 Å². The van der Waals surface area contributed by atoms with Crippen LogP contribution in [0.4, 0.5) is 10.1 Å². The minimum atomic E-state index is -0.376. The van der Waals surface area contributed by atoms with Gasteiger partial charge in [-0.2, -0.15) is 0 Å². The normalized spacial score (nSPS) is 10.6. The summed E-state index contributed by atoms with van der Waals surface area (Å²) < 4.78 is 18.7. The lowest BCUT2D eigenvalue weighted by molar-refractivity contribution is 0.102. The Balaban J connectivity index is 1.92. The minimum absolute atomic E-state index is 0.303. The van der Waals surface area contributed by atoms with E-state index >= 15 is 0 Å². The molecule has 5 heteroatoms. The first kappa shape index (κ1) is 15.9. The zero-order valence-electron chi connectivity index (χ0n) is 13.3. The van der Waals surface area contributed by atoms with E-state index in [1.165, 1.54) is 24.3 Å². The highest BCUT2D eigenvalue weighted by Gasteiger charge is 2.12. The van der Waals surface area contributed by atoms with E-state index < -0.39 is 0 Å². The minimum Gasteiger partial charge on any atom is -0.491 e. The van der Waals surface area contributed by atoms with Gasteiger partial charge < -0.3 is 10.1 Å². The number of carbonyl (C=O) groups excluding carboxylic acids is 1. The molecule has 3 aromatic rings. The molecular weight excluding hydrogens is 307 g/mol. The fraction of sp³-hybridized carbons (Fsp3) is 0.158. The van der Waals surface area contributed by atoms with Crippen molar-refractivity contribution >= 4 is 22.5 Å². The van der Waals surface area contributed by atoms with E-state index in [1.54, 1.807) is 24.4 Å². The van der Waals surface area contributed by atoms with Gasteiger partial charge in [-0.3, -0.25) is 9.78 Å². The van der Waals surface area contributed by atoms with Crippen molar-refractivity contribution in [1.82, 2.24) is 4.98 Å². The monoisotopic (exact) mass is 324 g/mol. The van der Waals surface area contributed by atoms with Gasteiger partial charge in [0.05, 0.1) is 12.3 Å². The van der Waals surface area contributed by atoms with Gasteiger partial charge in [0.2, 0.25) is 0 Å². The average Bonchev–Trinajstić information content (AvgIpc) is 2.61. The molecule has 2 aromatic carbocycles. The van der Waals surface area contributed by atoms with Crippen molar-refractivity contribution < 1.29 is 13.9 Å². The fourth-order valence-corrected chi connectivity index (χ4v) is 2.38. The van der Waals surface area contributed by atoms with Gasteiger partial charge in [-0.15, -0.1) is 0 Å². The Kier molecular flexibility index (Phi) is 4.70. The van der Waals surface area contributed by atoms with Crippen LogP contribution < -0.4 is 10.1 Å². The van der Waals surface area contributed by atoms with Gasteiger partial charge >= 0.3 is 0 Å². The molecule has 4 nitrogen and oxygen atoms in total. The number of rotatable bonds is 5. The summed E-state index contributed by atoms with van der Waals surface area (Å²) in [6.07, 6.45) is 2.59. The SMILES string of the molecule is CCCOc1ccc(NC(=O)c2ccc(F)cc2)c2cccnc12. The number of nitrogens with one attached hydrogen (secondary N) is 1. The van der Waals surface area contributed by atoms with Crippen LogP contribution in [-0.4, -0.2) is 17.5 Å². The first-order valence-corrected chi connectivity index (χ1v) is 7.76. The maximum Gasteiger partial charge on any atom is 0.255 e. The fourth-order valence-electron chi connectivity index (χ4n) is 2.38. The third-order valence-corrected chi connectivity index (χ3v) is 3.55. The molecule has 0 spiro atoms. The molecule has 1 N–H and O–H groups in total. The van der Waals surface area contributed by atoms with E-state index in [2.05, 4.69) is 10.3 Å². The number of amides is 1. The van der Waals surface area contributed by atoms with E-state index in [0.29, 0.717) is 29.1 Å². The molecule has 0 aliphatic rings. The lowest BCUT2D eigenvalue weighted by atomic mass is 10.1. The summed E-state index contributed by atoms with van der Waals surface area (Å²) in [5, 5.41) is 3.64. The summed E-state index contributed by atoms with van der Waals surface area (Å²) in [4.78, 5) is 16.7. The summed E-state index contributed by atoms with van der Waals surface area (Å²) in [7, 11) is 0. The number of halogens is 1. The summed E-state index contributed by atoms with van der Waals surface area (Å²) in [6, 6.07) is 12.7. The van der Waals surface area contributed by atoms with Crippen LogP contribution in [0.3, 0.4) is 0 Å². The molecule has 0 aliphatic heterocycles. The second kappa shape index (κ2) is 7.08. The van der Waals surface area contributed by atoms with Crippen LogP contribution in [0.1, 0.15) is 23.7 Å². The second-order valence-corrected chi connectivity index (χ2v) is 5.32. The Bertz CT molecular complexity index is 863. The zero-order chi connectivity index (χ0) is 16.9. The largest absolute Gasteiger partial charge is 0.491 e. The van der Waals surface area contributed by atoms with Gasteiger partial charge in [-0.05, 0) is 55.0 Å². The Morgan fingerprint density at radius 2 is 1.96 bits per heavy atom. The number of nitrogens with zero attached hydrogens (tertiary/aromatic N) is 1. The van der Waals surface area contributed by atoms with E-state index in [9.17, 15) is 9.18 Å². The summed E-state index contributed by atoms with van der Waals surface area (Å²) in [6.45, 7) is 2.64. The van der Waals surface area contributed by atoms with Crippen LogP contribution in [0.25, 0.3) is 10.9 Å². The van der Waals surface area contributed by atoms with Crippen molar-refractivity contribution in [2.45, 2.75) is 13.3 Å². The molecule has 0 bridgehead atoms.